The Labute approximate surface area is 135 Å². The van der Waals surface area contributed by atoms with Crippen LogP contribution in [0.3, 0.4) is 0 Å². The molecule has 5 heteroatoms. The zero-order valence-electron chi connectivity index (χ0n) is 10.9. The normalized spacial score (nSPS) is 10.8. The highest BCUT2D eigenvalue weighted by Gasteiger charge is 2.09. The zero-order chi connectivity index (χ0) is 15.2. The number of aromatic hydroxyl groups is 1. The molecule has 0 saturated heterocycles. The van der Waals surface area contributed by atoms with Crippen LogP contribution in [0.25, 0.3) is 6.08 Å². The van der Waals surface area contributed by atoms with E-state index in [4.69, 9.17) is 5.26 Å². The Morgan fingerprint density at radius 1 is 1.24 bits per heavy atom. The lowest BCUT2D eigenvalue weighted by molar-refractivity contribution is -0.112. The third-order valence-electron chi connectivity index (χ3n) is 2.65. The van der Waals surface area contributed by atoms with Crippen molar-refractivity contribution in [1.82, 2.24) is 0 Å². The predicted molar refractivity (Wildman–Crippen MR) is 89.5 cm³/mol. The Morgan fingerprint density at radius 3 is 2.57 bits per heavy atom. The molecule has 0 saturated carbocycles. The summed E-state index contributed by atoms with van der Waals surface area (Å²) in [7, 11) is 0. The number of carbonyl (C=O) groups is 1. The number of hydrogen-bond acceptors (Lipinski definition) is 3. The van der Waals surface area contributed by atoms with Crippen molar-refractivity contribution in [2.75, 3.05) is 5.32 Å². The molecule has 0 aliphatic rings. The standard InChI is InChI=1S/C16H11IN2O2/c17-13-4-6-14(7-5-13)19-16(21)12(10-18)8-11-2-1-3-15(20)9-11/h1-9,20H,(H,19,21)/b12-8-. The number of anilines is 1. The molecule has 0 aromatic heterocycles. The maximum absolute atomic E-state index is 12.1. The number of phenolic OH excluding ortho intramolecular Hbond substituents is 1. The van der Waals surface area contributed by atoms with Crippen LogP contribution in [-0.4, -0.2) is 11.0 Å². The number of hydrogen-bond donors (Lipinski definition) is 2. The van der Waals surface area contributed by atoms with Crippen molar-refractivity contribution >= 4 is 40.3 Å². The minimum absolute atomic E-state index is 0.0286. The van der Waals surface area contributed by atoms with Crippen molar-refractivity contribution in [3.05, 3.63) is 63.2 Å². The molecule has 2 aromatic carbocycles. The number of rotatable bonds is 3. The summed E-state index contributed by atoms with van der Waals surface area (Å²) >= 11 is 2.17. The summed E-state index contributed by atoms with van der Waals surface area (Å²) in [5.74, 6) is -0.402. The molecule has 2 aromatic rings. The van der Waals surface area contributed by atoms with Crippen molar-refractivity contribution in [3.63, 3.8) is 0 Å². The quantitative estimate of drug-likeness (QED) is 0.479. The molecule has 104 valence electrons. The van der Waals surface area contributed by atoms with E-state index < -0.39 is 5.91 Å². The van der Waals surface area contributed by atoms with Gasteiger partial charge in [-0.05, 0) is 70.6 Å². The number of carbonyl (C=O) groups excluding carboxylic acids is 1. The van der Waals surface area contributed by atoms with Crippen molar-refractivity contribution in [2.24, 2.45) is 0 Å². The van der Waals surface area contributed by atoms with Crippen LogP contribution < -0.4 is 5.32 Å². The van der Waals surface area contributed by atoms with Gasteiger partial charge in [-0.25, -0.2) is 0 Å². The smallest absolute Gasteiger partial charge is 0.266 e. The van der Waals surface area contributed by atoms with Crippen molar-refractivity contribution in [2.45, 2.75) is 0 Å². The number of amides is 1. The Kier molecular flexibility index (Phi) is 4.95. The third-order valence-corrected chi connectivity index (χ3v) is 3.37. The molecule has 0 atom stereocenters. The number of halogens is 1. The molecule has 0 aliphatic carbocycles. The molecule has 1 amide bonds. The number of nitrogens with one attached hydrogen (secondary N) is 1. The van der Waals surface area contributed by atoms with Crippen LogP contribution in [0.4, 0.5) is 5.69 Å². The van der Waals surface area contributed by atoms with Crippen LogP contribution in [0.5, 0.6) is 5.75 Å². The highest BCUT2D eigenvalue weighted by Crippen LogP contribution is 2.16. The van der Waals surface area contributed by atoms with Crippen LogP contribution in [0.1, 0.15) is 5.56 Å². The maximum atomic E-state index is 12.1. The van der Waals surface area contributed by atoms with Gasteiger partial charge in [0.2, 0.25) is 0 Å². The number of nitrogens with zero attached hydrogens (tertiary/aromatic N) is 1. The first-order valence-corrected chi connectivity index (χ1v) is 7.14. The maximum Gasteiger partial charge on any atom is 0.266 e. The first-order chi connectivity index (χ1) is 10.1. The van der Waals surface area contributed by atoms with E-state index in [1.54, 1.807) is 24.3 Å². The van der Waals surface area contributed by atoms with E-state index in [1.165, 1.54) is 18.2 Å². The number of benzene rings is 2. The summed E-state index contributed by atoms with van der Waals surface area (Å²) in [5.41, 5.74) is 1.18. The van der Waals surface area contributed by atoms with Crippen molar-refractivity contribution < 1.29 is 9.90 Å². The Balaban J connectivity index is 2.19. The molecule has 4 nitrogen and oxygen atoms in total. The summed E-state index contributed by atoms with van der Waals surface area (Å²) in [6.07, 6.45) is 1.43. The second kappa shape index (κ2) is 6.90. The van der Waals surface area contributed by atoms with Gasteiger partial charge >= 0.3 is 0 Å². The Hall–Kier alpha value is -2.33. The van der Waals surface area contributed by atoms with Crippen LogP contribution in [-0.2, 0) is 4.79 Å². The van der Waals surface area contributed by atoms with E-state index in [0.717, 1.165) is 3.57 Å². The summed E-state index contributed by atoms with van der Waals surface area (Å²) in [6, 6.07) is 15.5. The molecular formula is C16H11IN2O2. The van der Waals surface area contributed by atoms with Crippen LogP contribution in [0.2, 0.25) is 0 Å². The van der Waals surface area contributed by atoms with Crippen LogP contribution in [0, 0.1) is 14.9 Å². The zero-order valence-corrected chi connectivity index (χ0v) is 13.0. The molecule has 0 spiro atoms. The van der Waals surface area contributed by atoms with Gasteiger partial charge < -0.3 is 10.4 Å². The van der Waals surface area contributed by atoms with E-state index in [1.807, 2.05) is 18.2 Å². The molecule has 2 N–H and O–H groups in total. The molecule has 0 aliphatic heterocycles. The lowest BCUT2D eigenvalue weighted by Crippen LogP contribution is -2.13. The lowest BCUT2D eigenvalue weighted by atomic mass is 10.1. The number of nitriles is 1. The van der Waals surface area contributed by atoms with E-state index in [0.29, 0.717) is 11.3 Å². The molecule has 0 heterocycles. The van der Waals surface area contributed by atoms with Crippen LogP contribution >= 0.6 is 22.6 Å². The Bertz CT molecular complexity index is 731. The van der Waals surface area contributed by atoms with Gasteiger partial charge in [-0.3, -0.25) is 4.79 Å². The fraction of sp³-hybridized carbons (Fsp3) is 0. The SMILES string of the molecule is N#C/C(=C/c1cccc(O)c1)C(=O)Nc1ccc(I)cc1. The Morgan fingerprint density at radius 2 is 1.95 bits per heavy atom. The average molecular weight is 390 g/mol. The highest BCUT2D eigenvalue weighted by molar-refractivity contribution is 14.1. The average Bonchev–Trinajstić information content (AvgIpc) is 2.47. The van der Waals surface area contributed by atoms with Gasteiger partial charge in [0.1, 0.15) is 17.4 Å². The summed E-state index contributed by atoms with van der Waals surface area (Å²) in [5, 5.41) is 21.2. The molecular weight excluding hydrogens is 379 g/mol. The van der Waals surface area contributed by atoms with Crippen LogP contribution in [0.15, 0.2) is 54.1 Å². The van der Waals surface area contributed by atoms with E-state index >= 15 is 0 Å². The van der Waals surface area contributed by atoms with E-state index in [2.05, 4.69) is 27.9 Å². The minimum Gasteiger partial charge on any atom is -0.508 e. The van der Waals surface area contributed by atoms with Gasteiger partial charge in [0.25, 0.3) is 5.91 Å². The monoisotopic (exact) mass is 390 g/mol. The summed E-state index contributed by atoms with van der Waals surface area (Å²) in [6.45, 7) is 0. The van der Waals surface area contributed by atoms with E-state index in [-0.39, 0.29) is 11.3 Å². The first-order valence-electron chi connectivity index (χ1n) is 6.06. The van der Waals surface area contributed by atoms with Gasteiger partial charge in [-0.1, -0.05) is 12.1 Å². The molecule has 0 radical (unpaired) electrons. The van der Waals surface area contributed by atoms with Gasteiger partial charge in [-0.15, -0.1) is 0 Å². The van der Waals surface area contributed by atoms with Gasteiger partial charge in [0.15, 0.2) is 0 Å². The fourth-order valence-electron chi connectivity index (χ4n) is 1.66. The first kappa shape index (κ1) is 15.1. The van der Waals surface area contributed by atoms with Gasteiger partial charge in [-0.2, -0.15) is 5.26 Å². The summed E-state index contributed by atoms with van der Waals surface area (Å²) < 4.78 is 1.06. The molecule has 21 heavy (non-hydrogen) atoms. The van der Waals surface area contributed by atoms with Gasteiger partial charge in [0, 0.05) is 9.26 Å². The molecule has 0 bridgehead atoms. The minimum atomic E-state index is -0.484. The second-order valence-corrected chi connectivity index (χ2v) is 5.47. The van der Waals surface area contributed by atoms with E-state index in [9.17, 15) is 9.90 Å². The lowest BCUT2D eigenvalue weighted by Gasteiger charge is -2.04. The molecule has 0 unspecified atom stereocenters. The third kappa shape index (κ3) is 4.33. The number of phenols is 1. The van der Waals surface area contributed by atoms with Crippen molar-refractivity contribution in [1.29, 1.82) is 5.26 Å². The second-order valence-electron chi connectivity index (χ2n) is 4.23. The van der Waals surface area contributed by atoms with Gasteiger partial charge in [0.05, 0.1) is 0 Å². The topological polar surface area (TPSA) is 73.1 Å². The molecule has 0 fully saturated rings. The highest BCUT2D eigenvalue weighted by atomic mass is 127. The van der Waals surface area contributed by atoms with Crippen molar-refractivity contribution in [3.8, 4) is 11.8 Å². The molecule has 2 rings (SSSR count). The fourth-order valence-corrected chi connectivity index (χ4v) is 2.02. The largest absolute Gasteiger partial charge is 0.508 e. The predicted octanol–water partition coefficient (Wildman–Crippen LogP) is 3.54. The summed E-state index contributed by atoms with van der Waals surface area (Å²) in [4.78, 5) is 12.1.